The molecule has 1 aromatic rings. The predicted octanol–water partition coefficient (Wildman–Crippen LogP) is 2.39. The molecule has 0 saturated heterocycles. The molecule has 0 amide bonds. The van der Waals surface area contributed by atoms with E-state index in [4.69, 9.17) is 9.84 Å². The van der Waals surface area contributed by atoms with Crippen molar-refractivity contribution < 1.29 is 9.84 Å². The van der Waals surface area contributed by atoms with E-state index in [1.165, 1.54) is 0 Å². The van der Waals surface area contributed by atoms with Gasteiger partial charge in [0, 0.05) is 18.0 Å². The summed E-state index contributed by atoms with van der Waals surface area (Å²) in [5.41, 5.74) is 1.01. The Kier molecular flexibility index (Phi) is 4.09. The molecule has 15 heavy (non-hydrogen) atoms. The van der Waals surface area contributed by atoms with Crippen LogP contribution in [0.3, 0.4) is 0 Å². The van der Waals surface area contributed by atoms with Crippen LogP contribution in [0.25, 0.3) is 0 Å². The summed E-state index contributed by atoms with van der Waals surface area (Å²) in [7, 11) is 0. The average Bonchev–Trinajstić information content (AvgIpc) is 2.16. The highest BCUT2D eigenvalue weighted by atomic mass is 16.5. The normalized spacial score (nSPS) is 11.5. The first-order valence-electron chi connectivity index (χ1n) is 5.19. The summed E-state index contributed by atoms with van der Waals surface area (Å²) < 4.78 is 5.60. The standard InChI is InChI=1S/C12H19NO2/c1-12(2,3)5-7-15-11-4-6-13-8-10(11)9-14/h4,6,8,14H,5,7,9H2,1-3H3. The van der Waals surface area contributed by atoms with Crippen LogP contribution in [0.2, 0.25) is 0 Å². The van der Waals surface area contributed by atoms with Crippen molar-refractivity contribution in [3.8, 4) is 5.75 Å². The Morgan fingerprint density at radius 1 is 1.40 bits per heavy atom. The number of hydrogen-bond acceptors (Lipinski definition) is 3. The molecule has 84 valence electrons. The summed E-state index contributed by atoms with van der Waals surface area (Å²) in [6.07, 6.45) is 4.29. The number of ether oxygens (including phenoxy) is 1. The van der Waals surface area contributed by atoms with Crippen LogP contribution in [0.5, 0.6) is 5.75 Å². The van der Waals surface area contributed by atoms with Crippen molar-refractivity contribution in [2.75, 3.05) is 6.61 Å². The topological polar surface area (TPSA) is 42.4 Å². The number of hydrogen-bond donors (Lipinski definition) is 1. The second-order valence-electron chi connectivity index (χ2n) is 4.80. The first kappa shape index (κ1) is 12.0. The zero-order valence-corrected chi connectivity index (χ0v) is 9.66. The number of pyridine rings is 1. The van der Waals surface area contributed by atoms with Gasteiger partial charge in [0.25, 0.3) is 0 Å². The van der Waals surface area contributed by atoms with Crippen LogP contribution < -0.4 is 4.74 Å². The van der Waals surface area contributed by atoms with Crippen LogP contribution in [0.4, 0.5) is 0 Å². The van der Waals surface area contributed by atoms with E-state index in [0.29, 0.717) is 6.61 Å². The second kappa shape index (κ2) is 5.12. The zero-order chi connectivity index (χ0) is 11.3. The SMILES string of the molecule is CC(C)(C)CCOc1ccncc1CO. The summed E-state index contributed by atoms with van der Waals surface area (Å²) in [6.45, 7) is 7.17. The molecule has 0 bridgehead atoms. The minimum Gasteiger partial charge on any atom is -0.493 e. The molecule has 0 spiro atoms. The van der Waals surface area contributed by atoms with Crippen molar-refractivity contribution in [2.45, 2.75) is 33.8 Å². The molecule has 0 radical (unpaired) electrons. The smallest absolute Gasteiger partial charge is 0.127 e. The van der Waals surface area contributed by atoms with E-state index in [1.54, 1.807) is 18.5 Å². The van der Waals surface area contributed by atoms with Crippen LogP contribution in [0, 0.1) is 5.41 Å². The summed E-state index contributed by atoms with van der Waals surface area (Å²) in [6, 6.07) is 1.79. The first-order valence-corrected chi connectivity index (χ1v) is 5.19. The molecule has 0 aromatic carbocycles. The monoisotopic (exact) mass is 209 g/mol. The summed E-state index contributed by atoms with van der Waals surface area (Å²) >= 11 is 0. The van der Waals surface area contributed by atoms with Crippen molar-refractivity contribution in [2.24, 2.45) is 5.41 Å². The van der Waals surface area contributed by atoms with Gasteiger partial charge in [-0.1, -0.05) is 20.8 Å². The number of nitrogens with zero attached hydrogens (tertiary/aromatic N) is 1. The van der Waals surface area contributed by atoms with Gasteiger partial charge in [0.15, 0.2) is 0 Å². The summed E-state index contributed by atoms with van der Waals surface area (Å²) in [5.74, 6) is 0.733. The molecule has 1 rings (SSSR count). The lowest BCUT2D eigenvalue weighted by molar-refractivity contribution is 0.230. The van der Waals surface area contributed by atoms with E-state index < -0.39 is 0 Å². The average molecular weight is 209 g/mol. The highest BCUT2D eigenvalue weighted by molar-refractivity contribution is 5.29. The fraction of sp³-hybridized carbons (Fsp3) is 0.583. The van der Waals surface area contributed by atoms with Gasteiger partial charge in [-0.15, -0.1) is 0 Å². The van der Waals surface area contributed by atoms with Crippen LogP contribution in [-0.2, 0) is 6.61 Å². The van der Waals surface area contributed by atoms with Gasteiger partial charge >= 0.3 is 0 Å². The molecular weight excluding hydrogens is 190 g/mol. The third kappa shape index (κ3) is 4.30. The van der Waals surface area contributed by atoms with E-state index in [2.05, 4.69) is 25.8 Å². The third-order valence-electron chi connectivity index (χ3n) is 2.14. The van der Waals surface area contributed by atoms with Gasteiger partial charge in [0.2, 0.25) is 0 Å². The van der Waals surface area contributed by atoms with Crippen molar-refractivity contribution in [1.82, 2.24) is 4.98 Å². The second-order valence-corrected chi connectivity index (χ2v) is 4.80. The van der Waals surface area contributed by atoms with Gasteiger partial charge in [-0.3, -0.25) is 4.98 Å². The molecular formula is C12H19NO2. The Hall–Kier alpha value is -1.09. The number of aromatic nitrogens is 1. The fourth-order valence-electron chi connectivity index (χ4n) is 1.14. The number of rotatable bonds is 4. The molecule has 1 aromatic heterocycles. The molecule has 0 fully saturated rings. The van der Waals surface area contributed by atoms with Gasteiger partial charge in [0.1, 0.15) is 5.75 Å². The first-order chi connectivity index (χ1) is 7.03. The maximum absolute atomic E-state index is 9.06. The molecule has 0 aliphatic carbocycles. The molecule has 0 saturated carbocycles. The Bertz CT molecular complexity index is 305. The minimum absolute atomic E-state index is 0.0291. The molecule has 0 unspecified atom stereocenters. The molecule has 3 heteroatoms. The fourth-order valence-corrected chi connectivity index (χ4v) is 1.14. The van der Waals surface area contributed by atoms with Crippen molar-refractivity contribution in [3.63, 3.8) is 0 Å². The molecule has 1 N–H and O–H groups in total. The van der Waals surface area contributed by atoms with E-state index in [0.717, 1.165) is 17.7 Å². The molecule has 0 aliphatic rings. The Balaban J connectivity index is 2.50. The van der Waals surface area contributed by atoms with Gasteiger partial charge in [-0.25, -0.2) is 0 Å². The lowest BCUT2D eigenvalue weighted by atomic mass is 9.93. The van der Waals surface area contributed by atoms with Crippen LogP contribution >= 0.6 is 0 Å². The van der Waals surface area contributed by atoms with E-state index in [9.17, 15) is 0 Å². The van der Waals surface area contributed by atoms with Crippen molar-refractivity contribution >= 4 is 0 Å². The van der Waals surface area contributed by atoms with Crippen LogP contribution in [0.1, 0.15) is 32.8 Å². The van der Waals surface area contributed by atoms with Crippen molar-refractivity contribution in [1.29, 1.82) is 0 Å². The Morgan fingerprint density at radius 2 is 2.13 bits per heavy atom. The highest BCUT2D eigenvalue weighted by Gasteiger charge is 2.10. The lowest BCUT2D eigenvalue weighted by Crippen LogP contribution is -2.11. The Morgan fingerprint density at radius 3 is 2.73 bits per heavy atom. The van der Waals surface area contributed by atoms with Crippen LogP contribution in [0.15, 0.2) is 18.5 Å². The molecule has 1 heterocycles. The van der Waals surface area contributed by atoms with E-state index in [-0.39, 0.29) is 12.0 Å². The predicted molar refractivity (Wildman–Crippen MR) is 59.7 cm³/mol. The highest BCUT2D eigenvalue weighted by Crippen LogP contribution is 2.21. The van der Waals surface area contributed by atoms with Crippen molar-refractivity contribution in [3.05, 3.63) is 24.0 Å². The van der Waals surface area contributed by atoms with Gasteiger partial charge in [-0.05, 0) is 17.9 Å². The van der Waals surface area contributed by atoms with E-state index in [1.807, 2.05) is 0 Å². The molecule has 0 atom stereocenters. The maximum atomic E-state index is 9.06. The van der Waals surface area contributed by atoms with Crippen LogP contribution in [-0.4, -0.2) is 16.7 Å². The largest absolute Gasteiger partial charge is 0.493 e. The Labute approximate surface area is 91.1 Å². The zero-order valence-electron chi connectivity index (χ0n) is 9.66. The maximum Gasteiger partial charge on any atom is 0.127 e. The molecule has 0 aliphatic heterocycles. The minimum atomic E-state index is -0.0291. The van der Waals surface area contributed by atoms with Gasteiger partial charge in [-0.2, -0.15) is 0 Å². The number of aliphatic hydroxyl groups is 1. The van der Waals surface area contributed by atoms with Gasteiger partial charge in [0.05, 0.1) is 13.2 Å². The molecule has 3 nitrogen and oxygen atoms in total. The quantitative estimate of drug-likeness (QED) is 0.828. The van der Waals surface area contributed by atoms with E-state index >= 15 is 0 Å². The summed E-state index contributed by atoms with van der Waals surface area (Å²) in [5, 5.41) is 9.06. The van der Waals surface area contributed by atoms with Gasteiger partial charge < -0.3 is 9.84 Å². The third-order valence-corrected chi connectivity index (χ3v) is 2.14. The summed E-state index contributed by atoms with van der Waals surface area (Å²) in [4.78, 5) is 3.93. The lowest BCUT2D eigenvalue weighted by Gasteiger charge is -2.18. The number of aliphatic hydroxyl groups excluding tert-OH is 1.